The Labute approximate surface area is 221 Å². The molecule has 0 aliphatic heterocycles. The minimum Gasteiger partial charge on any atom is -0.382 e. The highest BCUT2D eigenvalue weighted by molar-refractivity contribution is 7.18. The van der Waals surface area contributed by atoms with Crippen LogP contribution in [0.1, 0.15) is 11.4 Å². The van der Waals surface area contributed by atoms with Gasteiger partial charge in [-0.3, -0.25) is 10.2 Å². The van der Waals surface area contributed by atoms with Gasteiger partial charge in [0.1, 0.15) is 5.82 Å². The normalized spacial score (nSPS) is 10.5. The number of nitrogen functional groups attached to an aromatic ring is 1. The van der Waals surface area contributed by atoms with Crippen molar-refractivity contribution in [3.63, 3.8) is 0 Å². The van der Waals surface area contributed by atoms with Gasteiger partial charge in [-0.25, -0.2) is 15.0 Å². The van der Waals surface area contributed by atoms with Gasteiger partial charge in [0.05, 0.1) is 20.4 Å². The number of hydrogen-bond acceptors (Lipinski definition) is 10. The summed E-state index contributed by atoms with van der Waals surface area (Å²) in [7, 11) is 0. The lowest BCUT2D eigenvalue weighted by atomic mass is 10.4. The summed E-state index contributed by atoms with van der Waals surface area (Å²) in [4.78, 5) is 16.1. The predicted octanol–water partition coefficient (Wildman–Crippen LogP) is 6.42. The van der Waals surface area contributed by atoms with E-state index in [1.165, 1.54) is 11.3 Å². The van der Waals surface area contributed by atoms with Crippen LogP contribution >= 0.6 is 57.5 Å². The molecule has 10 nitrogen and oxygen atoms in total. The lowest BCUT2D eigenvalue weighted by Crippen LogP contribution is -1.95. The molecule has 6 aromatic rings. The molecule has 180 valence electrons. The first-order chi connectivity index (χ1) is 16.8. The topological polar surface area (TPSA) is 147 Å². The van der Waals surface area contributed by atoms with Crippen LogP contribution in [0.15, 0.2) is 35.0 Å². The Morgan fingerprint density at radius 2 is 1.40 bits per heavy atom. The van der Waals surface area contributed by atoms with Crippen LogP contribution in [0.4, 0.5) is 17.5 Å². The second kappa shape index (κ2) is 11.1. The van der Waals surface area contributed by atoms with E-state index in [0.717, 1.165) is 31.8 Å². The van der Waals surface area contributed by atoms with Crippen LogP contribution in [-0.4, -0.2) is 40.3 Å². The van der Waals surface area contributed by atoms with E-state index in [4.69, 9.17) is 40.5 Å². The van der Waals surface area contributed by atoms with Crippen molar-refractivity contribution in [2.75, 3.05) is 11.1 Å². The number of nitrogens with one attached hydrogen (secondary N) is 3. The fourth-order valence-corrected chi connectivity index (χ4v) is 4.95. The minimum atomic E-state index is 0.195. The number of halogens is 3. The Morgan fingerprint density at radius 3 is 1.97 bits per heavy atom. The van der Waals surface area contributed by atoms with Crippen molar-refractivity contribution in [2.24, 2.45) is 0 Å². The fraction of sp³-hybridized carbons (Fsp3) is 0.100. The minimum absolute atomic E-state index is 0.195. The van der Waals surface area contributed by atoms with E-state index in [9.17, 15) is 0 Å². The summed E-state index contributed by atoms with van der Waals surface area (Å²) in [6, 6.07) is 7.45. The van der Waals surface area contributed by atoms with Crippen LogP contribution in [0.25, 0.3) is 20.4 Å². The highest BCUT2D eigenvalue weighted by Gasteiger charge is 2.09. The van der Waals surface area contributed by atoms with Gasteiger partial charge in [-0.1, -0.05) is 11.6 Å². The average Bonchev–Trinajstić information content (AvgIpc) is 3.58. The molecule has 0 aliphatic carbocycles. The molecule has 0 radical (unpaired) electrons. The van der Waals surface area contributed by atoms with Crippen LogP contribution in [0.3, 0.4) is 0 Å². The maximum Gasteiger partial charge on any atom is 0.224 e. The van der Waals surface area contributed by atoms with E-state index in [0.29, 0.717) is 22.6 Å². The third-order valence-electron chi connectivity index (χ3n) is 4.19. The first-order valence-electron chi connectivity index (χ1n) is 9.82. The lowest BCUT2D eigenvalue weighted by molar-refractivity contribution is 1.05. The van der Waals surface area contributed by atoms with Crippen molar-refractivity contribution < 1.29 is 0 Å². The third-order valence-corrected chi connectivity index (χ3v) is 6.73. The molecule has 0 atom stereocenters. The lowest BCUT2D eigenvalue weighted by Gasteiger charge is -2.03. The first-order valence-corrected chi connectivity index (χ1v) is 12.7. The number of anilines is 3. The van der Waals surface area contributed by atoms with Crippen molar-refractivity contribution >= 4 is 95.4 Å². The summed E-state index contributed by atoms with van der Waals surface area (Å²) in [5.41, 5.74) is 8.86. The Morgan fingerprint density at radius 1 is 0.800 bits per heavy atom. The third kappa shape index (κ3) is 6.55. The molecule has 6 rings (SSSR count). The van der Waals surface area contributed by atoms with E-state index in [-0.39, 0.29) is 10.6 Å². The van der Waals surface area contributed by atoms with E-state index in [2.05, 4.69) is 45.6 Å². The summed E-state index contributed by atoms with van der Waals surface area (Å²) in [5, 5.41) is 21.2. The number of H-pyrrole nitrogens is 2. The number of aromatic amines is 2. The second-order valence-electron chi connectivity index (χ2n) is 6.93. The molecule has 0 saturated heterocycles. The zero-order valence-electron chi connectivity index (χ0n) is 18.2. The maximum atomic E-state index is 5.87. The smallest absolute Gasteiger partial charge is 0.224 e. The molecule has 0 unspecified atom stereocenters. The SMILES string of the molecule is Cc1cc(N)n[nH]1.Cc1cc(Nc2nc(Cl)nc3ccsc23)n[nH]1.Clc1nc(Cl)c2sccc2n1. The largest absolute Gasteiger partial charge is 0.382 e. The van der Waals surface area contributed by atoms with Gasteiger partial charge in [-0.15, -0.1) is 22.7 Å². The number of aryl methyl sites for hydroxylation is 2. The number of aromatic nitrogens is 8. The Balaban J connectivity index is 0.000000137. The van der Waals surface area contributed by atoms with Crippen LogP contribution < -0.4 is 11.1 Å². The molecule has 0 amide bonds. The van der Waals surface area contributed by atoms with Crippen molar-refractivity contribution in [1.29, 1.82) is 0 Å². The van der Waals surface area contributed by atoms with Crippen molar-refractivity contribution in [1.82, 2.24) is 40.3 Å². The van der Waals surface area contributed by atoms with Crippen LogP contribution in [0.5, 0.6) is 0 Å². The molecule has 35 heavy (non-hydrogen) atoms. The number of thiophene rings is 2. The Bertz CT molecular complexity index is 1560. The molecular weight excluding hydrogens is 551 g/mol. The summed E-state index contributed by atoms with van der Waals surface area (Å²) in [5.74, 6) is 1.95. The molecule has 0 fully saturated rings. The second-order valence-corrected chi connectivity index (χ2v) is 9.80. The van der Waals surface area contributed by atoms with E-state index in [1.54, 1.807) is 17.4 Å². The molecule has 5 N–H and O–H groups in total. The molecule has 0 aliphatic rings. The van der Waals surface area contributed by atoms with E-state index >= 15 is 0 Å². The van der Waals surface area contributed by atoms with Crippen LogP contribution in [0.2, 0.25) is 15.7 Å². The summed E-state index contributed by atoms with van der Waals surface area (Å²) in [6.45, 7) is 3.84. The summed E-state index contributed by atoms with van der Waals surface area (Å²) >= 11 is 20.3. The van der Waals surface area contributed by atoms with Crippen LogP contribution in [0, 0.1) is 13.8 Å². The average molecular weight is 568 g/mol. The number of nitrogens with zero attached hydrogens (tertiary/aromatic N) is 6. The maximum absolute atomic E-state index is 5.87. The van der Waals surface area contributed by atoms with Gasteiger partial charge in [0.2, 0.25) is 10.6 Å². The molecule has 0 bridgehead atoms. The van der Waals surface area contributed by atoms with Gasteiger partial charge < -0.3 is 11.1 Å². The monoisotopic (exact) mass is 566 g/mol. The molecular formula is C20H17Cl3N10S2. The van der Waals surface area contributed by atoms with Gasteiger partial charge in [0.25, 0.3) is 0 Å². The van der Waals surface area contributed by atoms with Gasteiger partial charge in [-0.2, -0.15) is 15.2 Å². The number of rotatable bonds is 2. The molecule has 15 heteroatoms. The summed E-state index contributed by atoms with van der Waals surface area (Å²) in [6.07, 6.45) is 0. The van der Waals surface area contributed by atoms with E-state index < -0.39 is 0 Å². The standard InChI is InChI=1S/C10H8ClN5S.C6H2Cl2N2S.C4H7N3/c1-5-4-7(16-15-5)13-9-8-6(2-3-17-8)12-10(11)14-9;7-5-4-3(1-2-11-4)9-6(8)10-5;1-3-2-4(5)7-6-3/h2-4H,1H3,(H2,12,13,14,15,16);1-2H;2H,1H3,(H3,5,6,7). The Kier molecular flexibility index (Phi) is 7.98. The predicted molar refractivity (Wildman–Crippen MR) is 144 cm³/mol. The first kappa shape index (κ1) is 25.1. The summed E-state index contributed by atoms with van der Waals surface area (Å²) < 4.78 is 1.85. The molecule has 6 aromatic heterocycles. The van der Waals surface area contributed by atoms with Gasteiger partial charge in [0, 0.05) is 23.5 Å². The van der Waals surface area contributed by atoms with Crippen molar-refractivity contribution in [3.8, 4) is 0 Å². The zero-order valence-corrected chi connectivity index (χ0v) is 22.1. The number of nitrogens with two attached hydrogens (primary N) is 1. The molecule has 0 aromatic carbocycles. The molecule has 6 heterocycles. The molecule has 0 spiro atoms. The van der Waals surface area contributed by atoms with Crippen LogP contribution in [-0.2, 0) is 0 Å². The quantitative estimate of drug-likeness (QED) is 0.138. The molecule has 0 saturated carbocycles. The zero-order chi connectivity index (χ0) is 24.9. The van der Waals surface area contributed by atoms with Gasteiger partial charge in [0.15, 0.2) is 16.8 Å². The van der Waals surface area contributed by atoms with Crippen molar-refractivity contribution in [3.05, 3.63) is 62.1 Å². The highest BCUT2D eigenvalue weighted by atomic mass is 35.5. The van der Waals surface area contributed by atoms with Gasteiger partial charge in [-0.05, 0) is 59.9 Å². The number of hydrogen-bond donors (Lipinski definition) is 4. The van der Waals surface area contributed by atoms with E-state index in [1.807, 2.05) is 42.8 Å². The van der Waals surface area contributed by atoms with Gasteiger partial charge >= 0.3 is 0 Å². The Hall–Kier alpha value is -3.03. The fourth-order valence-electron chi connectivity index (χ4n) is 2.76. The highest BCUT2D eigenvalue weighted by Crippen LogP contribution is 2.29. The number of fused-ring (bicyclic) bond motifs is 2. The van der Waals surface area contributed by atoms with Crippen molar-refractivity contribution in [2.45, 2.75) is 13.8 Å².